The first kappa shape index (κ1) is 27.6. The third-order valence-electron chi connectivity index (χ3n) is 10.2. The summed E-state index contributed by atoms with van der Waals surface area (Å²) in [6.45, 7) is 0. The van der Waals surface area contributed by atoms with Gasteiger partial charge in [-0.3, -0.25) is 4.57 Å². The summed E-state index contributed by atoms with van der Waals surface area (Å²) in [5.74, 6) is 0.664. The molecule has 0 saturated carbocycles. The Hall–Kier alpha value is -6.36. The fraction of sp³-hybridized carbons (Fsp3) is 0. The lowest BCUT2D eigenvalue weighted by molar-refractivity contribution is 0.998. The van der Waals surface area contributed by atoms with Crippen molar-refractivity contribution in [2.45, 2.75) is 0 Å². The van der Waals surface area contributed by atoms with E-state index < -0.39 is 0 Å². The lowest BCUT2D eigenvalue weighted by Gasteiger charge is -2.13. The Morgan fingerprint density at radius 2 is 0.820 bits per heavy atom. The molecular weight excluding hydrogens is 627 g/mol. The molecule has 0 amide bonds. The average molecular weight is 654 g/mol. The number of hydrogen-bond donors (Lipinski definition) is 0. The van der Waals surface area contributed by atoms with Gasteiger partial charge in [0.2, 0.25) is 5.95 Å². The molecule has 0 spiro atoms. The molecule has 0 aliphatic carbocycles. The van der Waals surface area contributed by atoms with Crippen LogP contribution < -0.4 is 0 Å². The van der Waals surface area contributed by atoms with Gasteiger partial charge >= 0.3 is 0 Å². The Morgan fingerprint density at radius 1 is 0.380 bits per heavy atom. The quantitative estimate of drug-likeness (QED) is 0.178. The summed E-state index contributed by atoms with van der Waals surface area (Å²) < 4.78 is 4.94. The molecule has 0 aliphatic rings. The minimum atomic E-state index is 0.664. The van der Waals surface area contributed by atoms with E-state index in [1.54, 1.807) is 0 Å². The summed E-state index contributed by atoms with van der Waals surface area (Å²) >= 11 is 1.91. The van der Waals surface area contributed by atoms with Gasteiger partial charge in [0, 0.05) is 52.8 Å². The van der Waals surface area contributed by atoms with Gasteiger partial charge in [0.25, 0.3) is 0 Å². The highest BCUT2D eigenvalue weighted by atomic mass is 32.1. The largest absolute Gasteiger partial charge is 0.277 e. The second-order valence-electron chi connectivity index (χ2n) is 12.9. The van der Waals surface area contributed by atoms with Crippen LogP contribution >= 0.6 is 11.3 Å². The summed E-state index contributed by atoms with van der Waals surface area (Å²) in [5, 5.41) is 12.6. The molecule has 0 bridgehead atoms. The minimum absolute atomic E-state index is 0.664. The Balaban J connectivity index is 1.41. The van der Waals surface area contributed by atoms with E-state index in [4.69, 9.17) is 9.97 Å². The van der Waals surface area contributed by atoms with Crippen LogP contribution in [0.25, 0.3) is 103 Å². The summed E-state index contributed by atoms with van der Waals surface area (Å²) in [6.07, 6.45) is 0. The van der Waals surface area contributed by atoms with Crippen molar-refractivity contribution in [3.05, 3.63) is 164 Å². The first-order chi connectivity index (χ1) is 24.8. The van der Waals surface area contributed by atoms with Crippen LogP contribution in [0.1, 0.15) is 0 Å². The minimum Gasteiger partial charge on any atom is -0.277 e. The van der Waals surface area contributed by atoms with Gasteiger partial charge in [0.15, 0.2) is 0 Å². The Morgan fingerprint density at radius 3 is 1.44 bits per heavy atom. The number of benzene rings is 8. The second kappa shape index (κ2) is 10.6. The van der Waals surface area contributed by atoms with E-state index >= 15 is 0 Å². The number of aromatic nitrogens is 3. The molecule has 3 heterocycles. The van der Waals surface area contributed by atoms with Gasteiger partial charge in [-0.05, 0) is 33.7 Å². The molecule has 232 valence electrons. The molecule has 0 radical (unpaired) electrons. The standard InChI is InChI=1S/C46H27N3S/c1-3-15-28(16-4-1)37-27-38(29-17-5-2-6-18-29)48-46(47-37)49-39-26-14-13-25-36(39)40-33-22-10-12-24-35(33)45-42(43(40)49)41-32-21-9-7-19-30(32)31-20-8-11-23-34(31)44(41)50-45/h1-27H. The predicted octanol–water partition coefficient (Wildman–Crippen LogP) is 12.7. The molecule has 0 saturated heterocycles. The first-order valence-electron chi connectivity index (χ1n) is 16.9. The van der Waals surface area contributed by atoms with Crippen LogP contribution in [0.3, 0.4) is 0 Å². The molecule has 0 N–H and O–H groups in total. The van der Waals surface area contributed by atoms with Gasteiger partial charge in [0.05, 0.1) is 22.4 Å². The molecule has 3 nitrogen and oxygen atoms in total. The van der Waals surface area contributed by atoms with Crippen molar-refractivity contribution >= 4 is 85.6 Å². The predicted molar refractivity (Wildman–Crippen MR) is 213 cm³/mol. The van der Waals surface area contributed by atoms with Crippen molar-refractivity contribution < 1.29 is 0 Å². The molecule has 0 aliphatic heterocycles. The molecule has 0 fully saturated rings. The van der Waals surface area contributed by atoms with Crippen molar-refractivity contribution in [3.63, 3.8) is 0 Å². The maximum Gasteiger partial charge on any atom is 0.235 e. The topological polar surface area (TPSA) is 30.7 Å². The normalized spacial score (nSPS) is 12.0. The second-order valence-corrected chi connectivity index (χ2v) is 13.9. The number of hydrogen-bond acceptors (Lipinski definition) is 3. The molecule has 8 aromatic carbocycles. The third kappa shape index (κ3) is 3.85. The van der Waals surface area contributed by atoms with Crippen molar-refractivity contribution in [1.82, 2.24) is 14.5 Å². The third-order valence-corrected chi connectivity index (χ3v) is 11.4. The molecule has 50 heavy (non-hydrogen) atoms. The maximum atomic E-state index is 5.39. The van der Waals surface area contributed by atoms with Crippen LogP contribution in [0, 0.1) is 0 Å². The van der Waals surface area contributed by atoms with Gasteiger partial charge in [0.1, 0.15) is 0 Å². The summed E-state index contributed by atoms with van der Waals surface area (Å²) in [7, 11) is 0. The summed E-state index contributed by atoms with van der Waals surface area (Å²) in [6, 6.07) is 58.5. The van der Waals surface area contributed by atoms with E-state index in [-0.39, 0.29) is 0 Å². The molecule has 4 heteroatoms. The molecule has 11 aromatic rings. The van der Waals surface area contributed by atoms with E-state index in [1.807, 2.05) is 23.5 Å². The fourth-order valence-electron chi connectivity index (χ4n) is 8.05. The zero-order valence-corrected chi connectivity index (χ0v) is 27.7. The van der Waals surface area contributed by atoms with Gasteiger partial charge in [-0.15, -0.1) is 11.3 Å². The highest BCUT2D eigenvalue weighted by molar-refractivity contribution is 7.28. The lowest BCUT2D eigenvalue weighted by Crippen LogP contribution is -2.04. The molecule has 11 rings (SSSR count). The van der Waals surface area contributed by atoms with Crippen molar-refractivity contribution in [2.75, 3.05) is 0 Å². The first-order valence-corrected chi connectivity index (χ1v) is 17.7. The van der Waals surface area contributed by atoms with Crippen LogP contribution in [0.4, 0.5) is 0 Å². The molecular formula is C46H27N3S. The Kier molecular flexibility index (Phi) is 5.83. The Labute approximate surface area is 291 Å². The monoisotopic (exact) mass is 653 g/mol. The molecule has 0 unspecified atom stereocenters. The van der Waals surface area contributed by atoms with Crippen LogP contribution in [0.15, 0.2) is 164 Å². The van der Waals surface area contributed by atoms with E-state index in [0.29, 0.717) is 5.95 Å². The number of nitrogens with zero attached hydrogens (tertiary/aromatic N) is 3. The number of para-hydroxylation sites is 1. The molecule has 0 atom stereocenters. The zero-order chi connectivity index (χ0) is 32.8. The highest BCUT2D eigenvalue weighted by Crippen LogP contribution is 2.51. The van der Waals surface area contributed by atoms with Crippen LogP contribution in [-0.2, 0) is 0 Å². The molecule has 3 aromatic heterocycles. The van der Waals surface area contributed by atoms with Gasteiger partial charge < -0.3 is 0 Å². The van der Waals surface area contributed by atoms with Gasteiger partial charge in [-0.25, -0.2) is 9.97 Å². The SMILES string of the molecule is c1ccc(-c2cc(-c3ccccc3)nc(-n3c4ccccc4c4c5ccccc5c5sc6c7ccccc7c7ccccc7c6c5c43)n2)cc1. The average Bonchev–Trinajstić information content (AvgIpc) is 3.76. The van der Waals surface area contributed by atoms with Crippen LogP contribution in [0.2, 0.25) is 0 Å². The Bertz CT molecular complexity index is 3080. The van der Waals surface area contributed by atoms with E-state index in [2.05, 4.69) is 156 Å². The van der Waals surface area contributed by atoms with E-state index in [9.17, 15) is 0 Å². The summed E-state index contributed by atoms with van der Waals surface area (Å²) in [4.78, 5) is 10.8. The number of fused-ring (bicyclic) bond motifs is 15. The van der Waals surface area contributed by atoms with Crippen LogP contribution in [-0.4, -0.2) is 14.5 Å². The number of rotatable bonds is 3. The highest BCUT2D eigenvalue weighted by Gasteiger charge is 2.25. The summed E-state index contributed by atoms with van der Waals surface area (Å²) in [5.41, 5.74) is 6.14. The van der Waals surface area contributed by atoms with Crippen molar-refractivity contribution in [1.29, 1.82) is 0 Å². The lowest BCUT2D eigenvalue weighted by atomic mass is 9.94. The van der Waals surface area contributed by atoms with Gasteiger partial charge in [-0.2, -0.15) is 0 Å². The van der Waals surface area contributed by atoms with E-state index in [0.717, 1.165) is 33.5 Å². The van der Waals surface area contributed by atoms with Gasteiger partial charge in [-0.1, -0.05) is 152 Å². The smallest absolute Gasteiger partial charge is 0.235 e. The fourth-order valence-corrected chi connectivity index (χ4v) is 9.44. The van der Waals surface area contributed by atoms with E-state index in [1.165, 1.54) is 63.3 Å². The maximum absolute atomic E-state index is 5.39. The zero-order valence-electron chi connectivity index (χ0n) is 26.8. The number of thiophene rings is 1. The van der Waals surface area contributed by atoms with Crippen LogP contribution in [0.5, 0.6) is 0 Å². The van der Waals surface area contributed by atoms with Crippen molar-refractivity contribution in [2.24, 2.45) is 0 Å². The van der Waals surface area contributed by atoms with Crippen molar-refractivity contribution in [3.8, 4) is 28.5 Å².